The largest absolute Gasteiger partial charge is 0.367 e. The van der Waals surface area contributed by atoms with Crippen LogP contribution in [-0.2, 0) is 6.42 Å². The lowest BCUT2D eigenvalue weighted by Gasteiger charge is -2.08. The third-order valence-corrected chi connectivity index (χ3v) is 4.90. The Kier molecular flexibility index (Phi) is 3.69. The number of nitrogens with one attached hydrogen (secondary N) is 1. The van der Waals surface area contributed by atoms with Crippen LogP contribution in [0, 0.1) is 0 Å². The molecule has 4 aromatic rings. The van der Waals surface area contributed by atoms with Gasteiger partial charge in [-0.15, -0.1) is 0 Å². The summed E-state index contributed by atoms with van der Waals surface area (Å²) in [6.45, 7) is 0. The molecule has 28 heavy (non-hydrogen) atoms. The molecule has 6 nitrogen and oxygen atoms in total. The molecule has 0 spiro atoms. The van der Waals surface area contributed by atoms with Crippen LogP contribution in [0.25, 0.3) is 22.5 Å². The van der Waals surface area contributed by atoms with Crippen LogP contribution in [0.1, 0.15) is 21.5 Å². The minimum Gasteiger partial charge on any atom is -0.367 e. The Morgan fingerprint density at radius 1 is 1.00 bits per heavy atom. The summed E-state index contributed by atoms with van der Waals surface area (Å²) in [5.74, 6) is -0.415. The number of anilines is 2. The van der Waals surface area contributed by atoms with Gasteiger partial charge in [0.1, 0.15) is 11.3 Å². The third kappa shape index (κ3) is 2.63. The maximum Gasteiger partial charge on any atom is 0.263 e. The average molecular weight is 368 g/mol. The number of amides is 1. The van der Waals surface area contributed by atoms with Gasteiger partial charge in [-0.3, -0.25) is 9.78 Å². The van der Waals surface area contributed by atoms with Crippen molar-refractivity contribution in [1.82, 2.24) is 10.1 Å². The lowest BCUT2D eigenvalue weighted by Crippen LogP contribution is -2.14. The number of carbonyl (C=O) groups is 1. The first kappa shape index (κ1) is 16.3. The van der Waals surface area contributed by atoms with Gasteiger partial charge in [0.05, 0.1) is 5.69 Å². The number of carbonyl (C=O) groups excluding carboxylic acids is 1. The van der Waals surface area contributed by atoms with Gasteiger partial charge < -0.3 is 15.6 Å². The summed E-state index contributed by atoms with van der Waals surface area (Å²) < 4.78 is 5.05. The first-order valence-electron chi connectivity index (χ1n) is 8.90. The SMILES string of the molecule is Nc1onc(-c2ccccn2)c1C(=O)Nc1ccc2c(c1)Cc1ccccc1-2. The number of rotatable bonds is 3. The second-order valence-corrected chi connectivity index (χ2v) is 6.65. The van der Waals surface area contributed by atoms with Gasteiger partial charge in [-0.05, 0) is 52.9 Å². The highest BCUT2D eigenvalue weighted by molar-refractivity contribution is 6.10. The van der Waals surface area contributed by atoms with E-state index in [4.69, 9.17) is 10.3 Å². The van der Waals surface area contributed by atoms with Gasteiger partial charge in [0.2, 0.25) is 5.88 Å². The Morgan fingerprint density at radius 2 is 1.82 bits per heavy atom. The van der Waals surface area contributed by atoms with Crippen LogP contribution >= 0.6 is 0 Å². The van der Waals surface area contributed by atoms with Crippen molar-refractivity contribution in [2.75, 3.05) is 11.1 Å². The Morgan fingerprint density at radius 3 is 2.68 bits per heavy atom. The topological polar surface area (TPSA) is 94.0 Å². The van der Waals surface area contributed by atoms with Gasteiger partial charge in [-0.2, -0.15) is 0 Å². The van der Waals surface area contributed by atoms with Crippen LogP contribution in [0.4, 0.5) is 11.6 Å². The first-order chi connectivity index (χ1) is 13.7. The second kappa shape index (κ2) is 6.35. The maximum atomic E-state index is 12.9. The van der Waals surface area contributed by atoms with Crippen molar-refractivity contribution in [3.8, 4) is 22.5 Å². The molecule has 6 heteroatoms. The normalized spacial score (nSPS) is 11.7. The molecule has 0 aliphatic heterocycles. The number of nitrogens with zero attached hydrogens (tertiary/aromatic N) is 2. The molecule has 0 atom stereocenters. The van der Waals surface area contributed by atoms with Crippen molar-refractivity contribution < 1.29 is 9.32 Å². The van der Waals surface area contributed by atoms with Crippen LogP contribution in [0.15, 0.2) is 71.4 Å². The van der Waals surface area contributed by atoms with Crippen LogP contribution < -0.4 is 11.1 Å². The van der Waals surface area contributed by atoms with Crippen molar-refractivity contribution in [1.29, 1.82) is 0 Å². The van der Waals surface area contributed by atoms with E-state index in [2.05, 4.69) is 27.6 Å². The zero-order valence-corrected chi connectivity index (χ0v) is 14.8. The molecule has 5 rings (SSSR count). The number of fused-ring (bicyclic) bond motifs is 3. The van der Waals surface area contributed by atoms with E-state index in [0.717, 1.165) is 6.42 Å². The first-order valence-corrected chi connectivity index (χ1v) is 8.90. The van der Waals surface area contributed by atoms with Gasteiger partial charge in [-0.25, -0.2) is 0 Å². The molecule has 0 saturated heterocycles. The molecule has 1 amide bonds. The summed E-state index contributed by atoms with van der Waals surface area (Å²) in [5.41, 5.74) is 12.5. The second-order valence-electron chi connectivity index (χ2n) is 6.65. The number of benzene rings is 2. The minimum atomic E-state index is -0.380. The van der Waals surface area contributed by atoms with E-state index in [0.29, 0.717) is 17.1 Å². The number of aromatic nitrogens is 2. The Balaban J connectivity index is 1.45. The standard InChI is InChI=1S/C22H16N4O2/c23-21-19(20(26-28-21)18-7-3-4-10-24-18)22(27)25-15-8-9-17-14(12-15)11-13-5-1-2-6-16(13)17/h1-10,12H,11,23H2,(H,25,27). The number of hydrogen-bond donors (Lipinski definition) is 2. The van der Waals surface area contributed by atoms with Crippen LogP contribution in [0.3, 0.4) is 0 Å². The molecule has 136 valence electrons. The van der Waals surface area contributed by atoms with E-state index in [-0.39, 0.29) is 17.4 Å². The number of hydrogen-bond acceptors (Lipinski definition) is 5. The van der Waals surface area contributed by atoms with E-state index >= 15 is 0 Å². The highest BCUT2D eigenvalue weighted by Gasteiger charge is 2.24. The quantitative estimate of drug-likeness (QED) is 0.499. The predicted molar refractivity (Wildman–Crippen MR) is 107 cm³/mol. The highest BCUT2D eigenvalue weighted by Crippen LogP contribution is 2.37. The Bertz CT molecular complexity index is 1200. The van der Waals surface area contributed by atoms with Gasteiger partial charge in [0.25, 0.3) is 5.91 Å². The molecule has 0 saturated carbocycles. The molecule has 1 aliphatic carbocycles. The number of nitrogen functional groups attached to an aromatic ring is 1. The molecular formula is C22H16N4O2. The smallest absolute Gasteiger partial charge is 0.263 e. The van der Waals surface area contributed by atoms with Gasteiger partial charge in [0, 0.05) is 11.9 Å². The van der Waals surface area contributed by atoms with E-state index < -0.39 is 0 Å². The van der Waals surface area contributed by atoms with Crippen molar-refractivity contribution in [2.45, 2.75) is 6.42 Å². The lowest BCUT2D eigenvalue weighted by molar-refractivity contribution is 0.102. The van der Waals surface area contributed by atoms with Crippen LogP contribution in [-0.4, -0.2) is 16.0 Å². The Hall–Kier alpha value is -3.93. The maximum absolute atomic E-state index is 12.9. The summed E-state index contributed by atoms with van der Waals surface area (Å²) in [5, 5.41) is 6.82. The van der Waals surface area contributed by atoms with Crippen molar-refractivity contribution in [3.05, 3.63) is 83.6 Å². The van der Waals surface area contributed by atoms with Gasteiger partial charge in [-0.1, -0.05) is 41.6 Å². The van der Waals surface area contributed by atoms with E-state index in [9.17, 15) is 4.79 Å². The van der Waals surface area contributed by atoms with Crippen LogP contribution in [0.2, 0.25) is 0 Å². The molecule has 0 fully saturated rings. The molecule has 2 aromatic carbocycles. The zero-order chi connectivity index (χ0) is 19.1. The molecule has 2 aromatic heterocycles. The fourth-order valence-electron chi connectivity index (χ4n) is 3.62. The molecule has 0 radical (unpaired) electrons. The van der Waals surface area contributed by atoms with E-state index in [1.807, 2.05) is 36.4 Å². The summed E-state index contributed by atoms with van der Waals surface area (Å²) >= 11 is 0. The summed E-state index contributed by atoms with van der Waals surface area (Å²) in [6, 6.07) is 19.6. The molecular weight excluding hydrogens is 352 g/mol. The zero-order valence-electron chi connectivity index (χ0n) is 14.8. The number of pyridine rings is 1. The molecule has 0 bridgehead atoms. The predicted octanol–water partition coefficient (Wildman–Crippen LogP) is 4.14. The Labute approximate surface area is 161 Å². The minimum absolute atomic E-state index is 0.0354. The van der Waals surface area contributed by atoms with Gasteiger partial charge >= 0.3 is 0 Å². The molecule has 2 heterocycles. The fraction of sp³-hybridized carbons (Fsp3) is 0.0455. The van der Waals surface area contributed by atoms with Crippen LogP contribution in [0.5, 0.6) is 0 Å². The summed E-state index contributed by atoms with van der Waals surface area (Å²) in [7, 11) is 0. The summed E-state index contributed by atoms with van der Waals surface area (Å²) in [6.07, 6.45) is 2.48. The van der Waals surface area contributed by atoms with Crippen molar-refractivity contribution >= 4 is 17.5 Å². The van der Waals surface area contributed by atoms with E-state index in [1.54, 1.807) is 18.3 Å². The average Bonchev–Trinajstić information content (AvgIpc) is 3.28. The van der Waals surface area contributed by atoms with Crippen molar-refractivity contribution in [2.24, 2.45) is 0 Å². The molecule has 3 N–H and O–H groups in total. The lowest BCUT2D eigenvalue weighted by atomic mass is 10.1. The van der Waals surface area contributed by atoms with E-state index in [1.165, 1.54) is 22.3 Å². The van der Waals surface area contributed by atoms with Gasteiger partial charge in [0.15, 0.2) is 0 Å². The molecule has 1 aliphatic rings. The monoisotopic (exact) mass is 368 g/mol. The third-order valence-electron chi connectivity index (χ3n) is 4.90. The fourth-order valence-corrected chi connectivity index (χ4v) is 3.62. The molecule has 0 unspecified atom stereocenters. The van der Waals surface area contributed by atoms with Crippen molar-refractivity contribution in [3.63, 3.8) is 0 Å². The number of nitrogens with two attached hydrogens (primary N) is 1. The highest BCUT2D eigenvalue weighted by atomic mass is 16.5. The summed E-state index contributed by atoms with van der Waals surface area (Å²) in [4.78, 5) is 17.1.